The second-order valence-electron chi connectivity index (χ2n) is 8.42. The number of likely N-dealkylation sites (tertiary alicyclic amines) is 2. The Bertz CT molecular complexity index is 849. The number of phenolic OH excluding ortho intramolecular Hbond substituents is 1. The lowest BCUT2D eigenvalue weighted by Gasteiger charge is -2.21. The number of carbonyl (C=O) groups excluding carboxylic acids is 1. The molecule has 2 aliphatic heterocycles. The molecule has 0 bridgehead atoms. The topological polar surface area (TPSA) is 77.1 Å². The molecule has 0 unspecified atom stereocenters. The highest BCUT2D eigenvalue weighted by Gasteiger charge is 2.20. The first kappa shape index (κ1) is 21.5. The molecule has 0 spiro atoms. The lowest BCUT2D eigenvalue weighted by Crippen LogP contribution is -2.22. The molecule has 0 saturated carbocycles. The summed E-state index contributed by atoms with van der Waals surface area (Å²) in [6.45, 7) is 5.61. The van der Waals surface area contributed by atoms with Crippen LogP contribution in [0, 0.1) is 0 Å². The molecule has 0 aliphatic carbocycles. The molecule has 2 fully saturated rings. The van der Waals surface area contributed by atoms with Crippen LogP contribution >= 0.6 is 0 Å². The van der Waals surface area contributed by atoms with Crippen LogP contribution in [-0.4, -0.2) is 54.2 Å². The maximum Gasteiger partial charge on any atom is 0.323 e. The average Bonchev–Trinajstić information content (AvgIpc) is 3.46. The third-order valence-electron chi connectivity index (χ3n) is 6.06. The summed E-state index contributed by atoms with van der Waals surface area (Å²) >= 11 is 0. The molecule has 2 aliphatic rings. The van der Waals surface area contributed by atoms with Crippen molar-refractivity contribution >= 4 is 17.4 Å². The van der Waals surface area contributed by atoms with E-state index in [1.54, 1.807) is 31.4 Å². The van der Waals surface area contributed by atoms with Crippen LogP contribution in [-0.2, 0) is 13.1 Å². The number of anilines is 2. The minimum atomic E-state index is -0.310. The number of urea groups is 1. The normalized spacial score (nSPS) is 17.1. The number of rotatable bonds is 7. The first-order valence-electron chi connectivity index (χ1n) is 11.1. The van der Waals surface area contributed by atoms with Gasteiger partial charge in [0.1, 0.15) is 11.5 Å². The van der Waals surface area contributed by atoms with Gasteiger partial charge in [-0.3, -0.25) is 9.80 Å². The molecule has 2 aromatic rings. The van der Waals surface area contributed by atoms with Gasteiger partial charge in [-0.1, -0.05) is 0 Å². The smallest absolute Gasteiger partial charge is 0.323 e. The van der Waals surface area contributed by atoms with Gasteiger partial charge in [0.05, 0.1) is 7.11 Å². The fourth-order valence-corrected chi connectivity index (χ4v) is 4.40. The highest BCUT2D eigenvalue weighted by molar-refractivity contribution is 6.00. The van der Waals surface area contributed by atoms with Gasteiger partial charge < -0.3 is 20.5 Å². The summed E-state index contributed by atoms with van der Waals surface area (Å²) in [5.41, 5.74) is 3.13. The lowest BCUT2D eigenvalue weighted by atomic mass is 10.1. The zero-order valence-electron chi connectivity index (χ0n) is 18.2. The van der Waals surface area contributed by atoms with Crippen molar-refractivity contribution in [2.45, 2.75) is 38.8 Å². The quantitative estimate of drug-likeness (QED) is 0.580. The summed E-state index contributed by atoms with van der Waals surface area (Å²) in [5, 5.41) is 16.8. The van der Waals surface area contributed by atoms with Crippen LogP contribution in [0.4, 0.5) is 16.2 Å². The van der Waals surface area contributed by atoms with Gasteiger partial charge in [0.25, 0.3) is 0 Å². The highest BCUT2D eigenvalue weighted by atomic mass is 16.5. The Morgan fingerprint density at radius 3 is 1.84 bits per heavy atom. The molecule has 0 aromatic heterocycles. The molecule has 2 heterocycles. The van der Waals surface area contributed by atoms with E-state index in [-0.39, 0.29) is 6.03 Å². The number of benzene rings is 2. The van der Waals surface area contributed by atoms with Gasteiger partial charge in [-0.25, -0.2) is 4.79 Å². The number of nitrogens with one attached hydrogen (secondary N) is 2. The van der Waals surface area contributed by atoms with Crippen LogP contribution < -0.4 is 15.4 Å². The van der Waals surface area contributed by atoms with Gasteiger partial charge in [0, 0.05) is 35.6 Å². The van der Waals surface area contributed by atoms with Crippen LogP contribution in [0.25, 0.3) is 0 Å². The predicted molar refractivity (Wildman–Crippen MR) is 123 cm³/mol. The SMILES string of the molecule is COc1ccc(NC(=O)Nc2cc(CN3CCCC3)c(O)c(CN3CCCC3)c2)cc1. The number of amides is 2. The third kappa shape index (κ3) is 5.68. The Morgan fingerprint density at radius 2 is 1.35 bits per heavy atom. The lowest BCUT2D eigenvalue weighted by molar-refractivity contribution is 0.262. The number of nitrogens with zero attached hydrogens (tertiary/aromatic N) is 2. The van der Waals surface area contributed by atoms with Crippen molar-refractivity contribution in [2.75, 3.05) is 43.9 Å². The number of phenols is 1. The Labute approximate surface area is 184 Å². The van der Waals surface area contributed by atoms with Crippen molar-refractivity contribution in [3.05, 3.63) is 47.5 Å². The number of methoxy groups -OCH3 is 1. The van der Waals surface area contributed by atoms with E-state index in [1.165, 1.54) is 25.7 Å². The fraction of sp³-hybridized carbons (Fsp3) is 0.458. The van der Waals surface area contributed by atoms with Crippen LogP contribution in [0.3, 0.4) is 0 Å². The molecule has 3 N–H and O–H groups in total. The predicted octanol–water partition coefficient (Wildman–Crippen LogP) is 4.24. The summed E-state index contributed by atoms with van der Waals surface area (Å²) in [6, 6.07) is 10.7. The third-order valence-corrected chi connectivity index (χ3v) is 6.06. The van der Waals surface area contributed by atoms with Gasteiger partial charge in [0.15, 0.2) is 0 Å². The number of hydrogen-bond acceptors (Lipinski definition) is 5. The summed E-state index contributed by atoms with van der Waals surface area (Å²) in [7, 11) is 1.61. The van der Waals surface area contributed by atoms with E-state index in [9.17, 15) is 9.90 Å². The molecule has 4 rings (SSSR count). The number of ether oxygens (including phenoxy) is 1. The molecular formula is C24H32N4O3. The number of hydrogen-bond donors (Lipinski definition) is 3. The Morgan fingerprint density at radius 1 is 0.871 bits per heavy atom. The maximum atomic E-state index is 12.6. The van der Waals surface area contributed by atoms with E-state index in [0.29, 0.717) is 30.2 Å². The fourth-order valence-electron chi connectivity index (χ4n) is 4.40. The first-order chi connectivity index (χ1) is 15.1. The second-order valence-corrected chi connectivity index (χ2v) is 8.42. The van der Waals surface area contributed by atoms with Crippen molar-refractivity contribution in [3.8, 4) is 11.5 Å². The molecule has 31 heavy (non-hydrogen) atoms. The number of carbonyl (C=O) groups is 1. The van der Waals surface area contributed by atoms with Crippen molar-refractivity contribution in [1.82, 2.24) is 9.80 Å². The monoisotopic (exact) mass is 424 g/mol. The van der Waals surface area contributed by atoms with E-state index >= 15 is 0 Å². The minimum Gasteiger partial charge on any atom is -0.507 e. The zero-order valence-corrected chi connectivity index (χ0v) is 18.2. The Kier molecular flexibility index (Phi) is 6.94. The summed E-state index contributed by atoms with van der Waals surface area (Å²) in [6.07, 6.45) is 4.79. The van der Waals surface area contributed by atoms with Crippen molar-refractivity contribution in [2.24, 2.45) is 0 Å². The van der Waals surface area contributed by atoms with E-state index in [4.69, 9.17) is 4.74 Å². The highest BCUT2D eigenvalue weighted by Crippen LogP contribution is 2.31. The second kappa shape index (κ2) is 10.0. The van der Waals surface area contributed by atoms with Gasteiger partial charge in [-0.15, -0.1) is 0 Å². The Hall–Kier alpha value is -2.77. The summed E-state index contributed by atoms with van der Waals surface area (Å²) in [4.78, 5) is 17.3. The van der Waals surface area contributed by atoms with E-state index in [0.717, 1.165) is 43.1 Å². The van der Waals surface area contributed by atoms with Crippen LogP contribution in [0.5, 0.6) is 11.5 Å². The van der Waals surface area contributed by atoms with Crippen molar-refractivity contribution in [1.29, 1.82) is 0 Å². The molecule has 2 amide bonds. The zero-order chi connectivity index (χ0) is 21.6. The largest absolute Gasteiger partial charge is 0.507 e. The first-order valence-corrected chi connectivity index (χ1v) is 11.1. The van der Waals surface area contributed by atoms with Gasteiger partial charge in [0.2, 0.25) is 0 Å². The standard InChI is InChI=1S/C24H32N4O3/c1-31-22-8-6-20(7-9-22)25-24(30)26-21-14-18(16-27-10-2-3-11-27)23(29)19(15-21)17-28-12-4-5-13-28/h6-9,14-15,29H,2-5,10-13,16-17H2,1H3,(H2,25,26,30). The van der Waals surface area contributed by atoms with E-state index in [2.05, 4.69) is 20.4 Å². The maximum absolute atomic E-state index is 12.6. The van der Waals surface area contributed by atoms with Crippen LogP contribution in [0.1, 0.15) is 36.8 Å². The van der Waals surface area contributed by atoms with Gasteiger partial charge in [-0.2, -0.15) is 0 Å². The Balaban J connectivity index is 1.50. The molecule has 7 heteroatoms. The van der Waals surface area contributed by atoms with Gasteiger partial charge in [-0.05, 0) is 88.3 Å². The molecule has 0 radical (unpaired) electrons. The van der Waals surface area contributed by atoms with Crippen LogP contribution in [0.2, 0.25) is 0 Å². The molecule has 166 valence electrons. The molecule has 2 saturated heterocycles. The minimum absolute atomic E-state index is 0.310. The molecular weight excluding hydrogens is 392 g/mol. The average molecular weight is 425 g/mol. The molecule has 7 nitrogen and oxygen atoms in total. The molecule has 0 atom stereocenters. The van der Waals surface area contributed by atoms with Crippen molar-refractivity contribution in [3.63, 3.8) is 0 Å². The number of aromatic hydroxyl groups is 1. The molecule has 2 aromatic carbocycles. The van der Waals surface area contributed by atoms with Gasteiger partial charge >= 0.3 is 6.03 Å². The van der Waals surface area contributed by atoms with Crippen molar-refractivity contribution < 1.29 is 14.6 Å². The summed E-state index contributed by atoms with van der Waals surface area (Å²) in [5.74, 6) is 1.10. The van der Waals surface area contributed by atoms with Crippen LogP contribution in [0.15, 0.2) is 36.4 Å². The van der Waals surface area contributed by atoms with E-state index < -0.39 is 0 Å². The van der Waals surface area contributed by atoms with E-state index in [1.807, 2.05) is 12.1 Å². The summed E-state index contributed by atoms with van der Waals surface area (Å²) < 4.78 is 5.16.